The first-order chi connectivity index (χ1) is 15.5. The van der Waals surface area contributed by atoms with E-state index in [1.165, 1.54) is 5.56 Å². The number of nitrogens with zero attached hydrogens (tertiary/aromatic N) is 1. The Labute approximate surface area is 192 Å². The highest BCUT2D eigenvalue weighted by Crippen LogP contribution is 2.30. The molecule has 1 heterocycles. The molecule has 0 radical (unpaired) electrons. The molecule has 1 aromatic carbocycles. The van der Waals surface area contributed by atoms with E-state index in [9.17, 15) is 14.4 Å². The molecule has 6 heteroatoms. The molecule has 32 heavy (non-hydrogen) atoms. The Balaban J connectivity index is 1.48. The van der Waals surface area contributed by atoms with E-state index in [0.717, 1.165) is 38.5 Å². The average molecular weight is 442 g/mol. The predicted molar refractivity (Wildman–Crippen MR) is 126 cm³/mol. The third-order valence-corrected chi connectivity index (χ3v) is 7.01. The molecule has 6 nitrogen and oxygen atoms in total. The van der Waals surface area contributed by atoms with Gasteiger partial charge in [0.1, 0.15) is 5.54 Å². The maximum absolute atomic E-state index is 13.1. The largest absolute Gasteiger partial charge is 0.354 e. The third kappa shape index (κ3) is 6.57. The van der Waals surface area contributed by atoms with Crippen LogP contribution in [0, 0.1) is 5.92 Å². The summed E-state index contributed by atoms with van der Waals surface area (Å²) in [5, 5.41) is 6.21. The normalized spacial score (nSPS) is 18.7. The van der Waals surface area contributed by atoms with Gasteiger partial charge in [0, 0.05) is 32.0 Å². The molecule has 3 rings (SSSR count). The second kappa shape index (κ2) is 12.0. The van der Waals surface area contributed by atoms with Crippen LogP contribution in [0.25, 0.3) is 0 Å². The van der Waals surface area contributed by atoms with Crippen LogP contribution in [0.2, 0.25) is 0 Å². The van der Waals surface area contributed by atoms with E-state index in [1.54, 1.807) is 0 Å². The van der Waals surface area contributed by atoms with Crippen LogP contribution in [-0.2, 0) is 20.8 Å². The fraction of sp³-hybridized carbons (Fsp3) is 0.654. The number of likely N-dealkylation sites (tertiary alicyclic amines) is 1. The van der Waals surface area contributed by atoms with Crippen molar-refractivity contribution >= 4 is 17.7 Å². The van der Waals surface area contributed by atoms with Gasteiger partial charge in [-0.2, -0.15) is 0 Å². The summed E-state index contributed by atoms with van der Waals surface area (Å²) in [6.07, 6.45) is 9.04. The summed E-state index contributed by atoms with van der Waals surface area (Å²) in [6.45, 7) is 3.99. The highest BCUT2D eigenvalue weighted by molar-refractivity contribution is 5.92. The zero-order valence-electron chi connectivity index (χ0n) is 19.5. The number of carbonyl (C=O) groups is 3. The van der Waals surface area contributed by atoms with Crippen LogP contribution < -0.4 is 10.6 Å². The van der Waals surface area contributed by atoms with E-state index in [4.69, 9.17) is 0 Å². The van der Waals surface area contributed by atoms with Crippen LogP contribution in [0.4, 0.5) is 0 Å². The van der Waals surface area contributed by atoms with E-state index in [1.807, 2.05) is 35.2 Å². The summed E-state index contributed by atoms with van der Waals surface area (Å²) in [4.78, 5) is 40.6. The highest BCUT2D eigenvalue weighted by atomic mass is 16.2. The molecule has 0 spiro atoms. The van der Waals surface area contributed by atoms with Crippen molar-refractivity contribution in [3.05, 3.63) is 35.9 Å². The lowest BCUT2D eigenvalue weighted by molar-refractivity contribution is -0.139. The van der Waals surface area contributed by atoms with Crippen LogP contribution in [0.3, 0.4) is 0 Å². The number of carbonyl (C=O) groups excluding carboxylic acids is 3. The van der Waals surface area contributed by atoms with Crippen LogP contribution >= 0.6 is 0 Å². The Morgan fingerprint density at radius 3 is 2.38 bits per heavy atom. The molecule has 0 unspecified atom stereocenters. The molecule has 2 N–H and O–H groups in total. The van der Waals surface area contributed by atoms with Crippen LogP contribution in [0.1, 0.15) is 76.7 Å². The molecule has 2 aliphatic rings. The second-order valence-corrected chi connectivity index (χ2v) is 9.38. The Bertz CT molecular complexity index is 751. The molecule has 176 valence electrons. The third-order valence-electron chi connectivity index (χ3n) is 7.01. The van der Waals surface area contributed by atoms with Gasteiger partial charge in [0.05, 0.1) is 0 Å². The molecular formula is C26H39N3O3. The van der Waals surface area contributed by atoms with Gasteiger partial charge in [-0.25, -0.2) is 0 Å². The zero-order chi connectivity index (χ0) is 22.8. The van der Waals surface area contributed by atoms with E-state index < -0.39 is 5.54 Å². The number of unbranched alkanes of at least 4 members (excludes halogenated alkanes) is 1. The van der Waals surface area contributed by atoms with Gasteiger partial charge in [0.25, 0.3) is 0 Å². The van der Waals surface area contributed by atoms with Crippen molar-refractivity contribution in [1.29, 1.82) is 0 Å². The molecule has 1 aliphatic carbocycles. The maximum Gasteiger partial charge on any atom is 0.245 e. The van der Waals surface area contributed by atoms with Crippen molar-refractivity contribution in [2.24, 2.45) is 5.92 Å². The molecule has 0 atom stereocenters. The lowest BCUT2D eigenvalue weighted by Gasteiger charge is -2.39. The van der Waals surface area contributed by atoms with Crippen molar-refractivity contribution in [1.82, 2.24) is 15.5 Å². The minimum Gasteiger partial charge on any atom is -0.354 e. The minimum absolute atomic E-state index is 0.0195. The summed E-state index contributed by atoms with van der Waals surface area (Å²) >= 11 is 0. The van der Waals surface area contributed by atoms with Crippen molar-refractivity contribution < 1.29 is 14.4 Å². The summed E-state index contributed by atoms with van der Waals surface area (Å²) in [6, 6.07) is 10.1. The SMILES string of the molecule is CCCCNC(=O)C1(NC(=O)C2CCN(C(=O)CCc3ccccc3)CC2)CCCCC1. The number of aryl methyl sites for hydroxylation is 1. The zero-order valence-corrected chi connectivity index (χ0v) is 19.5. The van der Waals surface area contributed by atoms with Crippen molar-refractivity contribution in [2.75, 3.05) is 19.6 Å². The Kier molecular flexibility index (Phi) is 9.12. The van der Waals surface area contributed by atoms with E-state index in [-0.39, 0.29) is 23.6 Å². The number of rotatable bonds is 9. The number of piperidine rings is 1. The molecule has 2 fully saturated rings. The Hall–Kier alpha value is -2.37. The maximum atomic E-state index is 13.1. The van der Waals surface area contributed by atoms with Gasteiger partial charge < -0.3 is 15.5 Å². The van der Waals surface area contributed by atoms with Crippen molar-refractivity contribution in [3.8, 4) is 0 Å². The topological polar surface area (TPSA) is 78.5 Å². The quantitative estimate of drug-likeness (QED) is 0.575. The summed E-state index contributed by atoms with van der Waals surface area (Å²) in [5.74, 6) is -0.0105. The summed E-state index contributed by atoms with van der Waals surface area (Å²) in [7, 11) is 0. The lowest BCUT2D eigenvalue weighted by atomic mass is 9.80. The van der Waals surface area contributed by atoms with Gasteiger partial charge in [0.15, 0.2) is 0 Å². The van der Waals surface area contributed by atoms with Crippen LogP contribution in [0.15, 0.2) is 30.3 Å². The van der Waals surface area contributed by atoms with E-state index in [2.05, 4.69) is 17.6 Å². The molecular weight excluding hydrogens is 402 g/mol. The second-order valence-electron chi connectivity index (χ2n) is 9.38. The number of amides is 3. The van der Waals surface area contributed by atoms with Crippen molar-refractivity contribution in [3.63, 3.8) is 0 Å². The van der Waals surface area contributed by atoms with E-state index >= 15 is 0 Å². The smallest absolute Gasteiger partial charge is 0.245 e. The summed E-state index contributed by atoms with van der Waals surface area (Å²) in [5.41, 5.74) is 0.413. The fourth-order valence-corrected chi connectivity index (χ4v) is 4.90. The van der Waals surface area contributed by atoms with Gasteiger partial charge in [-0.05, 0) is 44.1 Å². The van der Waals surface area contributed by atoms with Crippen molar-refractivity contribution in [2.45, 2.75) is 83.1 Å². The first kappa shape index (κ1) is 24.3. The minimum atomic E-state index is -0.758. The monoisotopic (exact) mass is 441 g/mol. The Morgan fingerprint density at radius 1 is 1.03 bits per heavy atom. The molecule has 3 amide bonds. The number of nitrogens with one attached hydrogen (secondary N) is 2. The lowest BCUT2D eigenvalue weighted by Crippen LogP contribution is -2.61. The van der Waals surface area contributed by atoms with Crippen LogP contribution in [0.5, 0.6) is 0 Å². The van der Waals surface area contributed by atoms with Gasteiger partial charge in [-0.3, -0.25) is 14.4 Å². The number of hydrogen-bond acceptors (Lipinski definition) is 3. The molecule has 1 aliphatic heterocycles. The first-order valence-corrected chi connectivity index (χ1v) is 12.5. The number of hydrogen-bond donors (Lipinski definition) is 2. The highest BCUT2D eigenvalue weighted by Gasteiger charge is 2.42. The Morgan fingerprint density at radius 2 is 1.72 bits per heavy atom. The summed E-state index contributed by atoms with van der Waals surface area (Å²) < 4.78 is 0. The molecule has 0 bridgehead atoms. The average Bonchev–Trinajstić information content (AvgIpc) is 2.84. The predicted octanol–water partition coefficient (Wildman–Crippen LogP) is 3.59. The molecule has 1 saturated carbocycles. The first-order valence-electron chi connectivity index (χ1n) is 12.5. The molecule has 0 aromatic heterocycles. The standard InChI is InChI=1S/C26H39N3O3/c1-2-3-18-27-25(32)26(16-8-5-9-17-26)28-24(31)22-14-19-29(20-15-22)23(30)13-12-21-10-6-4-7-11-21/h4,6-7,10-11,22H,2-3,5,8-9,12-20H2,1H3,(H,27,32)(H,28,31). The van der Waals surface area contributed by atoms with Gasteiger partial charge in [-0.1, -0.05) is 62.9 Å². The molecule has 1 saturated heterocycles. The number of benzene rings is 1. The van der Waals surface area contributed by atoms with E-state index in [0.29, 0.717) is 51.7 Å². The van der Waals surface area contributed by atoms with Gasteiger partial charge in [-0.15, -0.1) is 0 Å². The van der Waals surface area contributed by atoms with Gasteiger partial charge in [0.2, 0.25) is 17.7 Å². The fourth-order valence-electron chi connectivity index (χ4n) is 4.90. The van der Waals surface area contributed by atoms with Gasteiger partial charge >= 0.3 is 0 Å². The van der Waals surface area contributed by atoms with Crippen LogP contribution in [-0.4, -0.2) is 47.8 Å². The molecule has 1 aromatic rings.